The number of nitrogens with zero attached hydrogens (tertiary/aromatic N) is 1. The Labute approximate surface area is 151 Å². The van der Waals surface area contributed by atoms with Crippen molar-refractivity contribution in [2.75, 3.05) is 33.3 Å². The lowest BCUT2D eigenvalue weighted by molar-refractivity contribution is 0.194. The number of piperidine rings is 1. The zero-order valence-corrected chi connectivity index (χ0v) is 15.1. The van der Waals surface area contributed by atoms with Crippen molar-refractivity contribution < 1.29 is 4.74 Å². The van der Waals surface area contributed by atoms with E-state index < -0.39 is 0 Å². The van der Waals surface area contributed by atoms with Crippen LogP contribution in [-0.4, -0.2) is 38.2 Å². The van der Waals surface area contributed by atoms with Crippen molar-refractivity contribution in [2.45, 2.75) is 25.8 Å². The summed E-state index contributed by atoms with van der Waals surface area (Å²) in [5.41, 5.74) is 4.37. The topological polar surface area (TPSA) is 24.5 Å². The highest BCUT2D eigenvalue weighted by Crippen LogP contribution is 2.39. The minimum atomic E-state index is 0.586. The zero-order chi connectivity index (χ0) is 17.1. The van der Waals surface area contributed by atoms with Crippen LogP contribution in [0.2, 0.25) is 0 Å². The number of benzene rings is 2. The summed E-state index contributed by atoms with van der Waals surface area (Å²) in [5, 5.41) is 3.50. The van der Waals surface area contributed by atoms with Crippen LogP contribution in [0, 0.1) is 5.41 Å². The lowest BCUT2D eigenvalue weighted by Crippen LogP contribution is -2.38. The van der Waals surface area contributed by atoms with Gasteiger partial charge in [0.15, 0.2) is 0 Å². The lowest BCUT2D eigenvalue weighted by atomic mass is 9.78. The van der Waals surface area contributed by atoms with Gasteiger partial charge in [-0.3, -0.25) is 4.90 Å². The molecule has 1 N–H and O–H groups in total. The standard InChI is InChI=1S/C22H28N2O/c1-25-21-5-3-2-4-20(21)19-8-6-18(7-9-19)16-24-15-12-22(17-24)10-13-23-14-11-22/h2-9,23H,10-17H2,1H3. The second-order valence-electron chi connectivity index (χ2n) is 7.61. The number of hydrogen-bond donors (Lipinski definition) is 1. The Morgan fingerprint density at radius 2 is 1.76 bits per heavy atom. The van der Waals surface area contributed by atoms with Crippen LogP contribution in [0.1, 0.15) is 24.8 Å². The zero-order valence-electron chi connectivity index (χ0n) is 15.1. The fourth-order valence-corrected chi connectivity index (χ4v) is 4.46. The molecule has 25 heavy (non-hydrogen) atoms. The third-order valence-corrected chi connectivity index (χ3v) is 5.96. The van der Waals surface area contributed by atoms with Crippen LogP contribution in [0.3, 0.4) is 0 Å². The molecule has 0 aromatic heterocycles. The van der Waals surface area contributed by atoms with Crippen molar-refractivity contribution in [3.63, 3.8) is 0 Å². The van der Waals surface area contributed by atoms with Gasteiger partial charge in [0.05, 0.1) is 7.11 Å². The Bertz CT molecular complexity index is 704. The van der Waals surface area contributed by atoms with Gasteiger partial charge in [0.2, 0.25) is 0 Å². The third-order valence-electron chi connectivity index (χ3n) is 5.96. The Hall–Kier alpha value is -1.84. The molecular weight excluding hydrogens is 308 g/mol. The molecule has 0 unspecified atom stereocenters. The van der Waals surface area contributed by atoms with Gasteiger partial charge in [0.25, 0.3) is 0 Å². The van der Waals surface area contributed by atoms with Crippen LogP contribution in [0.4, 0.5) is 0 Å². The Morgan fingerprint density at radius 3 is 2.52 bits per heavy atom. The first-order valence-electron chi connectivity index (χ1n) is 9.43. The van der Waals surface area contributed by atoms with Gasteiger partial charge >= 0.3 is 0 Å². The predicted octanol–water partition coefficient (Wildman–Crippen LogP) is 3.94. The van der Waals surface area contributed by atoms with Crippen LogP contribution in [0.5, 0.6) is 5.75 Å². The average molecular weight is 336 g/mol. The molecule has 0 saturated carbocycles. The first-order chi connectivity index (χ1) is 12.3. The molecule has 2 heterocycles. The number of para-hydroxylation sites is 1. The number of methoxy groups -OCH3 is 1. The van der Waals surface area contributed by atoms with Crippen molar-refractivity contribution in [2.24, 2.45) is 5.41 Å². The Kier molecular flexibility index (Phi) is 4.78. The van der Waals surface area contributed by atoms with E-state index in [1.165, 1.54) is 56.6 Å². The molecule has 1 spiro atoms. The van der Waals surface area contributed by atoms with Crippen LogP contribution in [0.15, 0.2) is 48.5 Å². The number of ether oxygens (including phenoxy) is 1. The summed E-state index contributed by atoms with van der Waals surface area (Å²) >= 11 is 0. The second kappa shape index (κ2) is 7.19. The van der Waals surface area contributed by atoms with E-state index in [0.717, 1.165) is 17.9 Å². The predicted molar refractivity (Wildman–Crippen MR) is 103 cm³/mol. The Balaban J connectivity index is 1.43. The molecule has 2 aromatic carbocycles. The Morgan fingerprint density at radius 1 is 1.00 bits per heavy atom. The van der Waals surface area contributed by atoms with Crippen molar-refractivity contribution >= 4 is 0 Å². The number of nitrogens with one attached hydrogen (secondary N) is 1. The number of hydrogen-bond acceptors (Lipinski definition) is 3. The highest BCUT2D eigenvalue weighted by molar-refractivity contribution is 5.70. The molecule has 2 fully saturated rings. The minimum absolute atomic E-state index is 0.586. The summed E-state index contributed by atoms with van der Waals surface area (Å²) in [7, 11) is 1.73. The monoisotopic (exact) mass is 336 g/mol. The third kappa shape index (κ3) is 3.58. The summed E-state index contributed by atoms with van der Waals surface area (Å²) in [6.45, 7) is 5.97. The van der Waals surface area contributed by atoms with Crippen LogP contribution in [0.25, 0.3) is 11.1 Å². The second-order valence-corrected chi connectivity index (χ2v) is 7.61. The SMILES string of the molecule is COc1ccccc1-c1ccc(CN2CCC3(CCNCC3)C2)cc1. The first-order valence-corrected chi connectivity index (χ1v) is 9.43. The van der Waals surface area contributed by atoms with E-state index in [4.69, 9.17) is 4.74 Å². The highest BCUT2D eigenvalue weighted by atomic mass is 16.5. The minimum Gasteiger partial charge on any atom is -0.496 e. The van der Waals surface area contributed by atoms with Crippen LogP contribution in [-0.2, 0) is 6.54 Å². The van der Waals surface area contributed by atoms with E-state index in [9.17, 15) is 0 Å². The van der Waals surface area contributed by atoms with Crippen LogP contribution < -0.4 is 10.1 Å². The molecule has 0 bridgehead atoms. The van der Waals surface area contributed by atoms with E-state index in [0.29, 0.717) is 5.41 Å². The quantitative estimate of drug-likeness (QED) is 0.915. The van der Waals surface area contributed by atoms with Crippen molar-refractivity contribution in [3.8, 4) is 16.9 Å². The maximum atomic E-state index is 5.49. The first kappa shape index (κ1) is 16.6. The average Bonchev–Trinajstić information content (AvgIpc) is 3.04. The fourth-order valence-electron chi connectivity index (χ4n) is 4.46. The summed E-state index contributed by atoms with van der Waals surface area (Å²) < 4.78 is 5.49. The molecule has 2 aliphatic rings. The molecule has 3 heteroatoms. The molecule has 0 aliphatic carbocycles. The van der Waals surface area contributed by atoms with E-state index in [1.807, 2.05) is 12.1 Å². The van der Waals surface area contributed by atoms with Gasteiger partial charge < -0.3 is 10.1 Å². The van der Waals surface area contributed by atoms with Gasteiger partial charge in [-0.05, 0) is 61.5 Å². The van der Waals surface area contributed by atoms with E-state index in [1.54, 1.807) is 7.11 Å². The fraction of sp³-hybridized carbons (Fsp3) is 0.455. The summed E-state index contributed by atoms with van der Waals surface area (Å²) in [4.78, 5) is 2.64. The van der Waals surface area contributed by atoms with E-state index in [2.05, 4.69) is 46.6 Å². The smallest absolute Gasteiger partial charge is 0.126 e. The molecule has 0 radical (unpaired) electrons. The molecule has 4 rings (SSSR count). The van der Waals surface area contributed by atoms with Crippen LogP contribution >= 0.6 is 0 Å². The van der Waals surface area contributed by atoms with Gasteiger partial charge in [-0.2, -0.15) is 0 Å². The number of rotatable bonds is 4. The summed E-state index contributed by atoms with van der Waals surface area (Å²) in [6.07, 6.45) is 4.06. The van der Waals surface area contributed by atoms with Gasteiger partial charge in [-0.1, -0.05) is 42.5 Å². The lowest BCUT2D eigenvalue weighted by Gasteiger charge is -2.34. The normalized spacial score (nSPS) is 20.0. The van der Waals surface area contributed by atoms with E-state index >= 15 is 0 Å². The molecule has 0 amide bonds. The molecule has 2 aliphatic heterocycles. The van der Waals surface area contributed by atoms with E-state index in [-0.39, 0.29) is 0 Å². The molecule has 132 valence electrons. The largest absolute Gasteiger partial charge is 0.496 e. The molecule has 2 aromatic rings. The van der Waals surface area contributed by atoms with Crippen molar-refractivity contribution in [1.29, 1.82) is 0 Å². The molecule has 2 saturated heterocycles. The number of likely N-dealkylation sites (tertiary alicyclic amines) is 1. The summed E-state index contributed by atoms with van der Waals surface area (Å²) in [6, 6.07) is 17.2. The van der Waals surface area contributed by atoms with Crippen molar-refractivity contribution in [1.82, 2.24) is 10.2 Å². The van der Waals surface area contributed by atoms with Gasteiger partial charge in [-0.25, -0.2) is 0 Å². The maximum absolute atomic E-state index is 5.49. The van der Waals surface area contributed by atoms with Gasteiger partial charge in [-0.15, -0.1) is 0 Å². The van der Waals surface area contributed by atoms with Gasteiger partial charge in [0.1, 0.15) is 5.75 Å². The maximum Gasteiger partial charge on any atom is 0.126 e. The summed E-state index contributed by atoms with van der Waals surface area (Å²) in [5.74, 6) is 0.933. The highest BCUT2D eigenvalue weighted by Gasteiger charge is 2.38. The molecular formula is C22H28N2O. The molecule has 0 atom stereocenters. The van der Waals surface area contributed by atoms with Gasteiger partial charge in [0, 0.05) is 18.7 Å². The van der Waals surface area contributed by atoms with Crippen molar-refractivity contribution in [3.05, 3.63) is 54.1 Å². The molecule has 3 nitrogen and oxygen atoms in total.